The topological polar surface area (TPSA) is 91.0 Å². The number of nitrogens with zero attached hydrogens (tertiary/aromatic N) is 2. The van der Waals surface area contributed by atoms with E-state index in [4.69, 9.17) is 16.3 Å². The van der Waals surface area contributed by atoms with Crippen molar-refractivity contribution in [2.24, 2.45) is 0 Å². The number of hydrogen-bond acceptors (Lipinski definition) is 4. The molecule has 2 aliphatic rings. The molecule has 0 radical (unpaired) electrons. The van der Waals surface area contributed by atoms with E-state index in [0.717, 1.165) is 23.4 Å². The minimum atomic E-state index is -0.186. The van der Waals surface area contributed by atoms with Crippen molar-refractivity contribution in [3.8, 4) is 5.75 Å². The molecule has 0 aliphatic carbocycles. The van der Waals surface area contributed by atoms with Gasteiger partial charge >= 0.3 is 6.03 Å². The normalized spacial score (nSPS) is 15.7. The molecule has 2 heterocycles. The quantitative estimate of drug-likeness (QED) is 0.602. The van der Waals surface area contributed by atoms with Crippen molar-refractivity contribution in [2.45, 2.75) is 32.1 Å². The summed E-state index contributed by atoms with van der Waals surface area (Å²) in [4.78, 5) is 40.3. The highest BCUT2D eigenvalue weighted by Crippen LogP contribution is 2.27. The Bertz CT molecular complexity index is 1060. The molecule has 1 fully saturated rings. The molecule has 9 heteroatoms. The Labute approximate surface area is 204 Å². The van der Waals surface area contributed by atoms with Gasteiger partial charge in [-0.15, -0.1) is 0 Å². The zero-order chi connectivity index (χ0) is 23.9. The highest BCUT2D eigenvalue weighted by atomic mass is 35.5. The standard InChI is InChI=1S/C25H29ClN4O4/c26-19-4-1-5-20(17-19)27-25(33)30-12-3-11-29(13-14-30)24(32)6-2-15-34-21-8-9-22-18(16-21)7-10-23(31)28-22/h1,4-5,8-9,16-17H,2-3,6-7,10-15H2,(H,27,33)(H,28,31). The first-order valence-electron chi connectivity index (χ1n) is 11.6. The van der Waals surface area contributed by atoms with Crippen LogP contribution in [0.3, 0.4) is 0 Å². The van der Waals surface area contributed by atoms with Crippen LogP contribution in [0, 0.1) is 0 Å². The Kier molecular flexibility index (Phi) is 7.90. The largest absolute Gasteiger partial charge is 0.494 e. The third-order valence-corrected chi connectivity index (χ3v) is 6.22. The molecule has 0 bridgehead atoms. The van der Waals surface area contributed by atoms with Gasteiger partial charge in [0, 0.05) is 55.4 Å². The summed E-state index contributed by atoms with van der Waals surface area (Å²) in [5.74, 6) is 0.866. The van der Waals surface area contributed by atoms with Crippen LogP contribution in [-0.4, -0.2) is 60.4 Å². The number of urea groups is 1. The summed E-state index contributed by atoms with van der Waals surface area (Å²) in [7, 11) is 0. The lowest BCUT2D eigenvalue weighted by atomic mass is 10.0. The Balaban J connectivity index is 1.18. The maximum absolute atomic E-state index is 12.7. The minimum absolute atomic E-state index is 0.0399. The number of amides is 4. The summed E-state index contributed by atoms with van der Waals surface area (Å²) >= 11 is 5.98. The molecule has 2 N–H and O–H groups in total. The number of fused-ring (bicyclic) bond motifs is 1. The van der Waals surface area contributed by atoms with Crippen molar-refractivity contribution in [1.29, 1.82) is 0 Å². The molecule has 4 amide bonds. The second-order valence-electron chi connectivity index (χ2n) is 8.48. The Morgan fingerprint density at radius 3 is 2.71 bits per heavy atom. The molecule has 8 nitrogen and oxygen atoms in total. The average Bonchev–Trinajstić information content (AvgIpc) is 3.08. The van der Waals surface area contributed by atoms with Crippen LogP contribution in [0.2, 0.25) is 5.02 Å². The first-order valence-corrected chi connectivity index (χ1v) is 12.0. The summed E-state index contributed by atoms with van der Waals surface area (Å²) in [6, 6.07) is 12.5. The van der Waals surface area contributed by atoms with Crippen molar-refractivity contribution in [3.63, 3.8) is 0 Å². The van der Waals surface area contributed by atoms with Gasteiger partial charge in [0.25, 0.3) is 0 Å². The van der Waals surface area contributed by atoms with E-state index in [1.807, 2.05) is 23.1 Å². The Morgan fingerprint density at radius 2 is 1.85 bits per heavy atom. The number of anilines is 2. The van der Waals surface area contributed by atoms with Crippen molar-refractivity contribution in [1.82, 2.24) is 9.80 Å². The van der Waals surface area contributed by atoms with Crippen LogP contribution in [-0.2, 0) is 16.0 Å². The smallest absolute Gasteiger partial charge is 0.321 e. The lowest BCUT2D eigenvalue weighted by Crippen LogP contribution is -2.39. The van der Waals surface area contributed by atoms with Crippen LogP contribution in [0.5, 0.6) is 5.75 Å². The maximum atomic E-state index is 12.7. The molecule has 0 saturated carbocycles. The fraction of sp³-hybridized carbons (Fsp3) is 0.400. The van der Waals surface area contributed by atoms with Crippen LogP contribution in [0.15, 0.2) is 42.5 Å². The molecule has 0 atom stereocenters. The van der Waals surface area contributed by atoms with Gasteiger partial charge < -0.3 is 25.2 Å². The van der Waals surface area contributed by atoms with Crippen LogP contribution in [0.1, 0.15) is 31.2 Å². The predicted molar refractivity (Wildman–Crippen MR) is 131 cm³/mol. The summed E-state index contributed by atoms with van der Waals surface area (Å²) in [6.45, 7) is 2.67. The van der Waals surface area contributed by atoms with Crippen molar-refractivity contribution in [3.05, 3.63) is 53.1 Å². The number of nitrogens with one attached hydrogen (secondary N) is 2. The van der Waals surface area contributed by atoms with E-state index in [1.54, 1.807) is 29.2 Å². The SMILES string of the molecule is O=C1CCc2cc(OCCCC(=O)N3CCCN(C(=O)Nc4cccc(Cl)c4)CC3)ccc2N1. The third kappa shape index (κ3) is 6.41. The van der Waals surface area contributed by atoms with Crippen LogP contribution in [0.4, 0.5) is 16.2 Å². The second kappa shape index (κ2) is 11.2. The maximum Gasteiger partial charge on any atom is 0.321 e. The zero-order valence-corrected chi connectivity index (χ0v) is 19.8. The van der Waals surface area contributed by atoms with E-state index in [9.17, 15) is 14.4 Å². The molecule has 34 heavy (non-hydrogen) atoms. The summed E-state index contributed by atoms with van der Waals surface area (Å²) in [6.07, 6.45) is 2.94. The Morgan fingerprint density at radius 1 is 1.03 bits per heavy atom. The molecule has 1 saturated heterocycles. The first kappa shape index (κ1) is 23.9. The van der Waals surface area contributed by atoms with Crippen LogP contribution < -0.4 is 15.4 Å². The number of carbonyl (C=O) groups is 3. The van der Waals surface area contributed by atoms with E-state index in [0.29, 0.717) is 69.2 Å². The van der Waals surface area contributed by atoms with Gasteiger partial charge in [-0.05, 0) is 61.2 Å². The van der Waals surface area contributed by atoms with Gasteiger partial charge in [0.1, 0.15) is 5.75 Å². The fourth-order valence-corrected chi connectivity index (χ4v) is 4.35. The van der Waals surface area contributed by atoms with Gasteiger partial charge in [-0.1, -0.05) is 17.7 Å². The third-order valence-electron chi connectivity index (χ3n) is 5.99. The number of halogens is 1. The summed E-state index contributed by atoms with van der Waals surface area (Å²) in [5.41, 5.74) is 2.57. The number of aryl methyl sites for hydroxylation is 1. The van der Waals surface area contributed by atoms with Crippen molar-refractivity contribution in [2.75, 3.05) is 43.4 Å². The minimum Gasteiger partial charge on any atom is -0.494 e. The average molecular weight is 485 g/mol. The predicted octanol–water partition coefficient (Wildman–Crippen LogP) is 4.15. The van der Waals surface area contributed by atoms with Crippen LogP contribution >= 0.6 is 11.6 Å². The number of benzene rings is 2. The molecular formula is C25H29ClN4O4. The molecule has 0 spiro atoms. The molecule has 2 aliphatic heterocycles. The molecule has 180 valence electrons. The number of carbonyl (C=O) groups excluding carboxylic acids is 3. The second-order valence-corrected chi connectivity index (χ2v) is 8.92. The number of hydrogen-bond donors (Lipinski definition) is 2. The summed E-state index contributed by atoms with van der Waals surface area (Å²) in [5, 5.41) is 6.29. The molecule has 4 rings (SSSR count). The van der Waals surface area contributed by atoms with E-state index >= 15 is 0 Å². The molecule has 0 unspecified atom stereocenters. The van der Waals surface area contributed by atoms with E-state index in [2.05, 4.69) is 10.6 Å². The van der Waals surface area contributed by atoms with Gasteiger partial charge in [-0.3, -0.25) is 9.59 Å². The van der Waals surface area contributed by atoms with Gasteiger partial charge in [-0.2, -0.15) is 0 Å². The molecule has 2 aromatic rings. The molecular weight excluding hydrogens is 456 g/mol. The number of ether oxygens (including phenoxy) is 1. The van der Waals surface area contributed by atoms with Crippen LogP contribution in [0.25, 0.3) is 0 Å². The summed E-state index contributed by atoms with van der Waals surface area (Å²) < 4.78 is 5.82. The highest BCUT2D eigenvalue weighted by Gasteiger charge is 2.22. The lowest BCUT2D eigenvalue weighted by Gasteiger charge is -2.22. The van der Waals surface area contributed by atoms with E-state index < -0.39 is 0 Å². The van der Waals surface area contributed by atoms with Gasteiger partial charge in [0.2, 0.25) is 11.8 Å². The molecule has 0 aromatic heterocycles. The van der Waals surface area contributed by atoms with Gasteiger partial charge in [0.05, 0.1) is 6.61 Å². The lowest BCUT2D eigenvalue weighted by molar-refractivity contribution is -0.131. The first-order chi connectivity index (χ1) is 16.5. The fourth-order valence-electron chi connectivity index (χ4n) is 4.16. The Hall–Kier alpha value is -3.26. The van der Waals surface area contributed by atoms with Crippen molar-refractivity contribution < 1.29 is 19.1 Å². The monoisotopic (exact) mass is 484 g/mol. The van der Waals surface area contributed by atoms with E-state index in [-0.39, 0.29) is 17.8 Å². The van der Waals surface area contributed by atoms with Gasteiger partial charge in [0.15, 0.2) is 0 Å². The highest BCUT2D eigenvalue weighted by molar-refractivity contribution is 6.30. The number of rotatable bonds is 6. The van der Waals surface area contributed by atoms with Crippen molar-refractivity contribution >= 4 is 40.8 Å². The van der Waals surface area contributed by atoms with Gasteiger partial charge in [-0.25, -0.2) is 4.79 Å². The molecule has 2 aromatic carbocycles. The zero-order valence-electron chi connectivity index (χ0n) is 19.0. The van der Waals surface area contributed by atoms with E-state index in [1.165, 1.54) is 0 Å².